The molecule has 1 aliphatic heterocycles. The third-order valence-electron chi connectivity index (χ3n) is 12.5. The SMILES string of the molecule is C=C(C)CCC(=O)[C@](C)(O)[C@H]1[C@H](O)C[C@@]2(C)[C@@H]3CCc4c(cc(OC5OC(CO)C(O)C(O)C5O)c(O)c4C)[C@]3(C)C(=O)C[C@]12C. The van der Waals surface area contributed by atoms with Gasteiger partial charge in [0, 0.05) is 18.8 Å². The highest BCUT2D eigenvalue weighted by Gasteiger charge is 2.73. The van der Waals surface area contributed by atoms with Gasteiger partial charge in [-0.05, 0) is 92.9 Å². The molecule has 1 aromatic rings. The second kappa shape index (κ2) is 11.6. The van der Waals surface area contributed by atoms with Gasteiger partial charge < -0.3 is 45.2 Å². The van der Waals surface area contributed by atoms with Gasteiger partial charge in [0.1, 0.15) is 35.8 Å². The highest BCUT2D eigenvalue weighted by molar-refractivity contribution is 5.94. The molecule has 0 bridgehead atoms. The zero-order valence-electron chi connectivity index (χ0n) is 27.6. The van der Waals surface area contributed by atoms with Crippen LogP contribution in [-0.4, -0.2) is 96.3 Å². The first-order chi connectivity index (χ1) is 21.3. The van der Waals surface area contributed by atoms with Gasteiger partial charge >= 0.3 is 0 Å². The van der Waals surface area contributed by atoms with Crippen molar-refractivity contribution in [2.45, 2.75) is 128 Å². The second-order valence-electron chi connectivity index (χ2n) is 15.2. The summed E-state index contributed by atoms with van der Waals surface area (Å²) in [5.41, 5.74) is -1.81. The number of ether oxygens (including phenoxy) is 2. The van der Waals surface area contributed by atoms with E-state index in [-0.39, 0.29) is 48.2 Å². The van der Waals surface area contributed by atoms with Crippen molar-refractivity contribution in [2.75, 3.05) is 6.61 Å². The molecule has 1 aromatic carbocycles. The lowest BCUT2D eigenvalue weighted by molar-refractivity contribution is -0.277. The zero-order valence-corrected chi connectivity index (χ0v) is 27.6. The van der Waals surface area contributed by atoms with Crippen molar-refractivity contribution in [3.8, 4) is 11.5 Å². The summed E-state index contributed by atoms with van der Waals surface area (Å²) < 4.78 is 11.4. The molecule has 7 N–H and O–H groups in total. The predicted octanol–water partition coefficient (Wildman–Crippen LogP) is 1.74. The summed E-state index contributed by atoms with van der Waals surface area (Å²) >= 11 is 0. The van der Waals surface area contributed by atoms with Crippen molar-refractivity contribution in [1.82, 2.24) is 0 Å². The number of hydrogen-bond donors (Lipinski definition) is 7. The number of fused-ring (bicyclic) bond motifs is 5. The molecule has 12 atom stereocenters. The van der Waals surface area contributed by atoms with E-state index in [4.69, 9.17) is 9.47 Å². The summed E-state index contributed by atoms with van der Waals surface area (Å²) in [6, 6.07) is 1.56. The summed E-state index contributed by atoms with van der Waals surface area (Å²) in [7, 11) is 0. The summed E-state index contributed by atoms with van der Waals surface area (Å²) in [4.78, 5) is 28.0. The normalized spacial score (nSPS) is 41.6. The lowest BCUT2D eigenvalue weighted by Gasteiger charge is -2.61. The summed E-state index contributed by atoms with van der Waals surface area (Å²) in [5, 5.41) is 75.2. The monoisotopic (exact) mass is 646 g/mol. The summed E-state index contributed by atoms with van der Waals surface area (Å²) in [6.07, 6.45) is -6.86. The van der Waals surface area contributed by atoms with Crippen LogP contribution in [0.15, 0.2) is 18.2 Å². The van der Waals surface area contributed by atoms with Crippen molar-refractivity contribution in [1.29, 1.82) is 0 Å². The van der Waals surface area contributed by atoms with Crippen LogP contribution in [0.3, 0.4) is 0 Å². The Morgan fingerprint density at radius 3 is 2.37 bits per heavy atom. The van der Waals surface area contributed by atoms with E-state index in [0.717, 1.165) is 11.1 Å². The van der Waals surface area contributed by atoms with Gasteiger partial charge in [-0.15, -0.1) is 6.58 Å². The molecule has 256 valence electrons. The van der Waals surface area contributed by atoms with Gasteiger partial charge in [0.25, 0.3) is 0 Å². The quantitative estimate of drug-likeness (QED) is 0.203. The standard InChI is InChI=1S/C35H50O11/c1-16(2)8-11-24(38)35(7,44)30-20(37)13-32(4)23-10-9-18-17(3)26(40)21(12-19(18)34(23,6)25(39)14-33(30,32)5)45-31-29(43)28(42)27(41)22(15-36)46-31/h12,20,22-23,27-31,36-37,40-44H,1,8-11,13-15H2,2-7H3/t20-,22?,23+,27?,28?,29?,30+,31?,32+,33-,34+,35+/m1/s1. The van der Waals surface area contributed by atoms with E-state index >= 15 is 0 Å². The Morgan fingerprint density at radius 2 is 1.76 bits per heavy atom. The molecule has 11 nitrogen and oxygen atoms in total. The van der Waals surface area contributed by atoms with E-state index in [9.17, 15) is 45.3 Å². The van der Waals surface area contributed by atoms with Gasteiger partial charge in [-0.25, -0.2) is 0 Å². The topological polar surface area (TPSA) is 194 Å². The molecular weight excluding hydrogens is 596 g/mol. The first-order valence-corrected chi connectivity index (χ1v) is 16.2. The third kappa shape index (κ3) is 4.88. The molecule has 0 spiro atoms. The number of hydrogen-bond acceptors (Lipinski definition) is 11. The maximum Gasteiger partial charge on any atom is 0.229 e. The Kier molecular flexibility index (Phi) is 8.85. The number of benzene rings is 1. The lowest BCUT2D eigenvalue weighted by Crippen LogP contribution is -2.63. The molecule has 0 radical (unpaired) electrons. The number of carbonyl (C=O) groups excluding carboxylic acids is 2. The number of allylic oxidation sites excluding steroid dienone is 1. The van der Waals surface area contributed by atoms with Crippen LogP contribution in [0.25, 0.3) is 0 Å². The number of phenolic OH excluding ortho intramolecular Hbond substituents is 1. The van der Waals surface area contributed by atoms with E-state index in [1.807, 2.05) is 27.7 Å². The van der Waals surface area contributed by atoms with Crippen molar-refractivity contribution in [2.24, 2.45) is 22.7 Å². The van der Waals surface area contributed by atoms with Crippen LogP contribution in [-0.2, 0) is 26.2 Å². The summed E-state index contributed by atoms with van der Waals surface area (Å²) in [5.74, 6) is -2.00. The van der Waals surface area contributed by atoms with Gasteiger partial charge in [-0.1, -0.05) is 19.4 Å². The van der Waals surface area contributed by atoms with Crippen molar-refractivity contribution >= 4 is 11.6 Å². The van der Waals surface area contributed by atoms with Crippen LogP contribution in [0.5, 0.6) is 11.5 Å². The number of rotatable bonds is 8. The van der Waals surface area contributed by atoms with E-state index in [1.54, 1.807) is 13.0 Å². The zero-order chi connectivity index (χ0) is 34.3. The number of aliphatic hydroxyl groups is 6. The number of aliphatic hydroxyl groups excluding tert-OH is 5. The Morgan fingerprint density at radius 1 is 1.11 bits per heavy atom. The number of Topliss-reactive ketones (excluding diaryl/α,β-unsaturated/α-hetero) is 2. The van der Waals surface area contributed by atoms with E-state index < -0.39 is 71.2 Å². The van der Waals surface area contributed by atoms with Crippen LogP contribution in [0, 0.1) is 29.6 Å². The van der Waals surface area contributed by atoms with Crippen LogP contribution >= 0.6 is 0 Å². The average Bonchev–Trinajstić information content (AvgIpc) is 3.19. The first kappa shape index (κ1) is 34.9. The van der Waals surface area contributed by atoms with Gasteiger partial charge in [0.15, 0.2) is 17.3 Å². The minimum atomic E-state index is -1.86. The van der Waals surface area contributed by atoms with Crippen molar-refractivity contribution in [3.05, 3.63) is 34.9 Å². The number of ketones is 2. The molecule has 4 aliphatic rings. The lowest BCUT2D eigenvalue weighted by atomic mass is 9.41. The van der Waals surface area contributed by atoms with Crippen LogP contribution in [0.4, 0.5) is 0 Å². The van der Waals surface area contributed by atoms with Gasteiger partial charge in [-0.2, -0.15) is 0 Å². The van der Waals surface area contributed by atoms with Gasteiger partial charge in [0.05, 0.1) is 18.1 Å². The largest absolute Gasteiger partial charge is 0.504 e. The van der Waals surface area contributed by atoms with Crippen LogP contribution in [0.2, 0.25) is 0 Å². The Hall–Kier alpha value is -2.38. The fraction of sp³-hybridized carbons (Fsp3) is 0.714. The Bertz CT molecular complexity index is 1420. The van der Waals surface area contributed by atoms with Crippen LogP contribution < -0.4 is 4.74 Å². The molecule has 1 heterocycles. The second-order valence-corrected chi connectivity index (χ2v) is 15.2. The van der Waals surface area contributed by atoms with E-state index in [1.165, 1.54) is 6.92 Å². The third-order valence-corrected chi connectivity index (χ3v) is 12.5. The molecule has 5 rings (SSSR count). The number of phenols is 1. The molecule has 5 unspecified atom stereocenters. The predicted molar refractivity (Wildman–Crippen MR) is 166 cm³/mol. The molecule has 1 saturated heterocycles. The molecular formula is C35H50O11. The van der Waals surface area contributed by atoms with Crippen molar-refractivity contribution < 1.29 is 54.8 Å². The molecule has 3 fully saturated rings. The average molecular weight is 647 g/mol. The maximum atomic E-state index is 14.6. The molecule has 11 heteroatoms. The van der Waals surface area contributed by atoms with Crippen LogP contribution in [0.1, 0.15) is 83.4 Å². The fourth-order valence-corrected chi connectivity index (χ4v) is 9.73. The minimum Gasteiger partial charge on any atom is -0.504 e. The minimum absolute atomic E-state index is 0.00437. The Labute approximate surface area is 269 Å². The van der Waals surface area contributed by atoms with E-state index in [0.29, 0.717) is 30.4 Å². The first-order valence-electron chi connectivity index (χ1n) is 16.2. The van der Waals surface area contributed by atoms with Gasteiger partial charge in [-0.3, -0.25) is 9.59 Å². The number of carbonyl (C=O) groups is 2. The molecule has 0 amide bonds. The van der Waals surface area contributed by atoms with E-state index in [2.05, 4.69) is 6.58 Å². The Balaban J connectivity index is 1.54. The molecule has 2 saturated carbocycles. The smallest absolute Gasteiger partial charge is 0.229 e. The maximum absolute atomic E-state index is 14.6. The molecule has 3 aliphatic carbocycles. The fourth-order valence-electron chi connectivity index (χ4n) is 9.73. The highest BCUT2D eigenvalue weighted by atomic mass is 16.7. The number of aromatic hydroxyl groups is 1. The highest BCUT2D eigenvalue weighted by Crippen LogP contribution is 2.72. The summed E-state index contributed by atoms with van der Waals surface area (Å²) in [6.45, 7) is 14.0. The molecule has 0 aromatic heterocycles. The molecule has 46 heavy (non-hydrogen) atoms. The van der Waals surface area contributed by atoms with Gasteiger partial charge in [0.2, 0.25) is 6.29 Å². The van der Waals surface area contributed by atoms with Crippen molar-refractivity contribution in [3.63, 3.8) is 0 Å².